The normalized spacial score (nSPS) is 39.9. The molecule has 0 bridgehead atoms. The first-order valence-corrected chi connectivity index (χ1v) is 6.15. The summed E-state index contributed by atoms with van der Waals surface area (Å²) in [4.78, 5) is 0. The van der Waals surface area contributed by atoms with Gasteiger partial charge >= 0.3 is 0 Å². The molecule has 0 amide bonds. The van der Waals surface area contributed by atoms with E-state index in [1.54, 1.807) is 0 Å². The zero-order chi connectivity index (χ0) is 10.8. The molecule has 0 radical (unpaired) electrons. The van der Waals surface area contributed by atoms with Crippen LogP contribution in [0, 0.1) is 5.92 Å². The predicted octanol–water partition coefficient (Wildman–Crippen LogP) is 2.66. The largest absolute Gasteiger partial charge is 0.393 e. The zero-order valence-electron chi connectivity index (χ0n) is 9.78. The molecule has 2 heteroatoms. The van der Waals surface area contributed by atoms with Crippen molar-refractivity contribution in [3.05, 3.63) is 11.6 Å². The number of hydrogen-bond donors (Lipinski definition) is 1. The highest BCUT2D eigenvalue weighted by Crippen LogP contribution is 2.40. The van der Waals surface area contributed by atoms with Gasteiger partial charge in [0.25, 0.3) is 0 Å². The van der Waals surface area contributed by atoms with Crippen LogP contribution in [0.2, 0.25) is 0 Å². The molecule has 86 valence electrons. The molecule has 2 rings (SSSR count). The quantitative estimate of drug-likeness (QED) is 0.574. The fourth-order valence-electron chi connectivity index (χ4n) is 2.60. The Balaban J connectivity index is 1.79. The third kappa shape index (κ3) is 2.82. The molecule has 1 aliphatic heterocycles. The topological polar surface area (TPSA) is 32.8 Å². The fraction of sp³-hybridized carbons (Fsp3) is 0.846. The van der Waals surface area contributed by atoms with E-state index >= 15 is 0 Å². The molecule has 1 saturated heterocycles. The van der Waals surface area contributed by atoms with Gasteiger partial charge in [-0.15, -0.1) is 0 Å². The number of ether oxygens (including phenoxy) is 1. The summed E-state index contributed by atoms with van der Waals surface area (Å²) in [6.45, 7) is 4.24. The molecule has 1 saturated carbocycles. The molecule has 1 aliphatic carbocycles. The highest BCUT2D eigenvalue weighted by Gasteiger charge is 2.46. The lowest BCUT2D eigenvalue weighted by Gasteiger charge is -2.26. The van der Waals surface area contributed by atoms with E-state index in [1.165, 1.54) is 18.4 Å². The summed E-state index contributed by atoms with van der Waals surface area (Å²) in [5.41, 5.74) is 1.36. The predicted molar refractivity (Wildman–Crippen MR) is 60.7 cm³/mol. The Morgan fingerprint density at radius 3 is 2.73 bits per heavy atom. The number of rotatable bonds is 3. The Labute approximate surface area is 92.3 Å². The van der Waals surface area contributed by atoms with Gasteiger partial charge in [0.1, 0.15) is 0 Å². The molecular weight excluding hydrogens is 188 g/mol. The molecular formula is C13H22O2. The molecule has 1 N–H and O–H groups in total. The van der Waals surface area contributed by atoms with Crippen LogP contribution in [0.15, 0.2) is 11.6 Å². The maximum absolute atomic E-state index is 9.88. The van der Waals surface area contributed by atoms with Crippen molar-refractivity contribution in [3.63, 3.8) is 0 Å². The summed E-state index contributed by atoms with van der Waals surface area (Å²) in [6.07, 6.45) is 8.45. The van der Waals surface area contributed by atoms with Gasteiger partial charge in [0.05, 0.1) is 18.3 Å². The van der Waals surface area contributed by atoms with Crippen LogP contribution in [-0.4, -0.2) is 23.4 Å². The molecule has 2 fully saturated rings. The van der Waals surface area contributed by atoms with Crippen LogP contribution in [0.5, 0.6) is 0 Å². The maximum atomic E-state index is 9.88. The minimum Gasteiger partial charge on any atom is -0.393 e. The summed E-state index contributed by atoms with van der Waals surface area (Å²) in [6, 6.07) is 0. The molecule has 3 unspecified atom stereocenters. The number of epoxide rings is 1. The van der Waals surface area contributed by atoms with Crippen LogP contribution in [0.4, 0.5) is 0 Å². The van der Waals surface area contributed by atoms with Crippen LogP contribution in [0.25, 0.3) is 0 Å². The van der Waals surface area contributed by atoms with E-state index in [0.29, 0.717) is 18.1 Å². The highest BCUT2D eigenvalue weighted by molar-refractivity contribution is 5.02. The van der Waals surface area contributed by atoms with Gasteiger partial charge in [-0.2, -0.15) is 0 Å². The van der Waals surface area contributed by atoms with Crippen molar-refractivity contribution in [2.45, 2.75) is 64.3 Å². The first kappa shape index (κ1) is 11.2. The first-order valence-electron chi connectivity index (χ1n) is 6.15. The second-order valence-electron chi connectivity index (χ2n) is 5.17. The van der Waals surface area contributed by atoms with E-state index in [1.807, 2.05) is 0 Å². The Morgan fingerprint density at radius 1 is 1.33 bits per heavy atom. The fourth-order valence-corrected chi connectivity index (χ4v) is 2.60. The second kappa shape index (κ2) is 4.67. The van der Waals surface area contributed by atoms with E-state index in [9.17, 15) is 5.11 Å². The van der Waals surface area contributed by atoms with Crippen molar-refractivity contribution in [1.29, 1.82) is 0 Å². The Morgan fingerprint density at radius 2 is 2.07 bits per heavy atom. The molecule has 0 aromatic rings. The molecule has 0 aromatic heterocycles. The smallest absolute Gasteiger partial charge is 0.0897 e. The molecule has 0 aromatic carbocycles. The third-order valence-electron chi connectivity index (χ3n) is 3.58. The lowest BCUT2D eigenvalue weighted by atomic mass is 9.83. The van der Waals surface area contributed by atoms with Crippen molar-refractivity contribution in [2.75, 3.05) is 0 Å². The van der Waals surface area contributed by atoms with E-state index < -0.39 is 0 Å². The van der Waals surface area contributed by atoms with Crippen LogP contribution in [0.3, 0.4) is 0 Å². The Bertz CT molecular complexity index is 243. The summed E-state index contributed by atoms with van der Waals surface area (Å²) >= 11 is 0. The van der Waals surface area contributed by atoms with Gasteiger partial charge in [0.2, 0.25) is 0 Å². The minimum absolute atomic E-state index is 0.111. The molecule has 15 heavy (non-hydrogen) atoms. The van der Waals surface area contributed by atoms with Crippen LogP contribution >= 0.6 is 0 Å². The lowest BCUT2D eigenvalue weighted by molar-refractivity contribution is 0.0539. The van der Waals surface area contributed by atoms with Gasteiger partial charge in [-0.3, -0.25) is 0 Å². The molecule has 2 nitrogen and oxygen atoms in total. The summed E-state index contributed by atoms with van der Waals surface area (Å²) in [5.74, 6) is 0.411. The van der Waals surface area contributed by atoms with Crippen molar-refractivity contribution >= 4 is 0 Å². The van der Waals surface area contributed by atoms with E-state index in [2.05, 4.69) is 19.9 Å². The Hall–Kier alpha value is -0.340. The van der Waals surface area contributed by atoms with Crippen LogP contribution in [0.1, 0.15) is 46.0 Å². The monoisotopic (exact) mass is 210 g/mol. The van der Waals surface area contributed by atoms with Crippen molar-refractivity contribution in [3.8, 4) is 0 Å². The van der Waals surface area contributed by atoms with Gasteiger partial charge in [-0.1, -0.05) is 24.5 Å². The standard InChI is InChI=1S/C13H22O2/c1-9(2)7-8-12-13(15-12)10-5-3-4-6-11(10)14/h7,10-14H,3-6,8H2,1-2H3/t10?,11?,12?,13-/m1/s1. The lowest BCUT2D eigenvalue weighted by Crippen LogP contribution is -2.29. The van der Waals surface area contributed by atoms with Crippen LogP contribution in [-0.2, 0) is 4.74 Å². The average molecular weight is 210 g/mol. The van der Waals surface area contributed by atoms with E-state index in [0.717, 1.165) is 19.3 Å². The summed E-state index contributed by atoms with van der Waals surface area (Å²) in [7, 11) is 0. The molecule has 2 aliphatic rings. The maximum Gasteiger partial charge on any atom is 0.0897 e. The van der Waals surface area contributed by atoms with Gasteiger partial charge in [-0.05, 0) is 33.1 Å². The molecule has 4 atom stereocenters. The first-order chi connectivity index (χ1) is 7.18. The molecule has 0 spiro atoms. The van der Waals surface area contributed by atoms with Gasteiger partial charge in [-0.25, -0.2) is 0 Å². The average Bonchev–Trinajstić information content (AvgIpc) is 2.95. The van der Waals surface area contributed by atoms with E-state index in [4.69, 9.17) is 4.74 Å². The number of hydrogen-bond acceptors (Lipinski definition) is 2. The number of aliphatic hydroxyl groups excluding tert-OH is 1. The zero-order valence-corrected chi connectivity index (χ0v) is 9.78. The van der Waals surface area contributed by atoms with Gasteiger partial charge < -0.3 is 9.84 Å². The van der Waals surface area contributed by atoms with Gasteiger partial charge in [0, 0.05) is 5.92 Å². The van der Waals surface area contributed by atoms with E-state index in [-0.39, 0.29) is 6.10 Å². The second-order valence-corrected chi connectivity index (χ2v) is 5.17. The van der Waals surface area contributed by atoms with Crippen molar-refractivity contribution in [2.24, 2.45) is 5.92 Å². The van der Waals surface area contributed by atoms with Crippen molar-refractivity contribution < 1.29 is 9.84 Å². The number of aliphatic hydroxyl groups is 1. The van der Waals surface area contributed by atoms with Crippen molar-refractivity contribution in [1.82, 2.24) is 0 Å². The minimum atomic E-state index is -0.111. The number of allylic oxidation sites excluding steroid dienone is 1. The molecule has 1 heterocycles. The summed E-state index contributed by atoms with van der Waals surface area (Å²) < 4.78 is 5.67. The summed E-state index contributed by atoms with van der Waals surface area (Å²) in [5, 5.41) is 9.88. The Kier molecular flexibility index (Phi) is 3.47. The third-order valence-corrected chi connectivity index (χ3v) is 3.58. The SMILES string of the molecule is CC(C)=CCC1O[C@@H]1C1CCCCC1O. The highest BCUT2D eigenvalue weighted by atomic mass is 16.6. The van der Waals surface area contributed by atoms with Gasteiger partial charge in [0.15, 0.2) is 0 Å². The van der Waals surface area contributed by atoms with Crippen LogP contribution < -0.4 is 0 Å².